The lowest BCUT2D eigenvalue weighted by Gasteiger charge is -2.29. The fraction of sp³-hybridized carbons (Fsp3) is 0.958. The highest BCUT2D eigenvalue weighted by atomic mass is 19.4. The summed E-state index contributed by atoms with van der Waals surface area (Å²) >= 11 is 0. The van der Waals surface area contributed by atoms with E-state index in [2.05, 4.69) is 11.7 Å². The second-order valence-corrected chi connectivity index (χ2v) is 8.85. The number of halogens is 6. The number of carbonyl (C=O) groups excluding carboxylic acids is 1. The molecule has 33 heavy (non-hydrogen) atoms. The predicted octanol–water partition coefficient (Wildman–Crippen LogP) is 8.43. The molecule has 0 heterocycles. The minimum Gasteiger partial charge on any atom is -0.463 e. The summed E-state index contributed by atoms with van der Waals surface area (Å²) in [5.41, 5.74) is -5.49. The lowest BCUT2D eigenvalue weighted by Crippen LogP contribution is -2.63. The number of hydrogen-bond donors (Lipinski definition) is 1. The number of rotatable bonds is 20. The molecule has 0 saturated heterocycles. The van der Waals surface area contributed by atoms with Gasteiger partial charge in [-0.1, -0.05) is 116 Å². The van der Waals surface area contributed by atoms with Crippen LogP contribution in [0.4, 0.5) is 26.3 Å². The van der Waals surface area contributed by atoms with Gasteiger partial charge in [0.25, 0.3) is 0 Å². The Bertz CT molecular complexity index is 478. The highest BCUT2D eigenvalue weighted by Gasteiger charge is 2.76. The van der Waals surface area contributed by atoms with Crippen LogP contribution in [0.2, 0.25) is 0 Å². The molecule has 198 valence electrons. The normalized spacial score (nSPS) is 12.8. The minimum atomic E-state index is -6.20. The summed E-state index contributed by atoms with van der Waals surface area (Å²) in [5.74, 6) is -2.73. The molecule has 0 spiro atoms. The Hall–Kier alpha value is -0.990. The van der Waals surface area contributed by atoms with Crippen molar-refractivity contribution >= 4 is 5.97 Å². The van der Waals surface area contributed by atoms with Gasteiger partial charge in [0, 0.05) is 0 Å². The number of aliphatic hydroxyl groups is 1. The summed E-state index contributed by atoms with van der Waals surface area (Å²) in [6, 6.07) is 0. The number of ether oxygens (including phenoxy) is 1. The third-order valence-corrected chi connectivity index (χ3v) is 5.85. The highest BCUT2D eigenvalue weighted by molar-refractivity contribution is 5.81. The van der Waals surface area contributed by atoms with Gasteiger partial charge < -0.3 is 9.84 Å². The van der Waals surface area contributed by atoms with Crippen LogP contribution >= 0.6 is 0 Å². The summed E-state index contributed by atoms with van der Waals surface area (Å²) in [5, 5.41) is 8.88. The molecule has 0 fully saturated rings. The monoisotopic (exact) mass is 492 g/mol. The van der Waals surface area contributed by atoms with Crippen LogP contribution in [0, 0.1) is 0 Å². The van der Waals surface area contributed by atoms with Crippen molar-refractivity contribution in [3.63, 3.8) is 0 Å². The van der Waals surface area contributed by atoms with E-state index in [1.165, 1.54) is 77.0 Å². The van der Waals surface area contributed by atoms with Crippen molar-refractivity contribution in [2.75, 3.05) is 6.61 Å². The lowest BCUT2D eigenvalue weighted by atomic mass is 10.0. The molecule has 0 unspecified atom stereocenters. The zero-order valence-electron chi connectivity index (χ0n) is 20.0. The molecule has 3 nitrogen and oxygen atoms in total. The first-order valence-corrected chi connectivity index (χ1v) is 12.5. The molecule has 0 atom stereocenters. The topological polar surface area (TPSA) is 46.5 Å². The van der Waals surface area contributed by atoms with Gasteiger partial charge in [-0.25, -0.2) is 4.79 Å². The maximum Gasteiger partial charge on any atom is 0.437 e. The maximum atomic E-state index is 12.5. The number of alkyl halides is 6. The summed E-state index contributed by atoms with van der Waals surface area (Å²) < 4.78 is 79.2. The highest BCUT2D eigenvalue weighted by Crippen LogP contribution is 2.43. The molecule has 1 N–H and O–H groups in total. The fourth-order valence-electron chi connectivity index (χ4n) is 3.67. The van der Waals surface area contributed by atoms with E-state index in [1.54, 1.807) is 0 Å². The average Bonchev–Trinajstić information content (AvgIpc) is 2.73. The van der Waals surface area contributed by atoms with Crippen molar-refractivity contribution in [3.8, 4) is 0 Å². The molecule has 9 heteroatoms. The summed E-state index contributed by atoms with van der Waals surface area (Å²) in [4.78, 5) is 11.2. The summed E-state index contributed by atoms with van der Waals surface area (Å²) in [6.07, 6.45) is 7.69. The van der Waals surface area contributed by atoms with Gasteiger partial charge in [-0.2, -0.15) is 26.3 Å². The Balaban J connectivity index is 3.57. The van der Waals surface area contributed by atoms with Crippen molar-refractivity contribution in [2.24, 2.45) is 0 Å². The molecule has 0 aromatic heterocycles. The molecule has 0 saturated carbocycles. The van der Waals surface area contributed by atoms with E-state index in [9.17, 15) is 31.1 Å². The van der Waals surface area contributed by atoms with Crippen molar-refractivity contribution in [1.29, 1.82) is 0 Å². The number of esters is 1. The predicted molar refractivity (Wildman–Crippen MR) is 117 cm³/mol. The molecule has 0 aliphatic rings. The van der Waals surface area contributed by atoms with Crippen molar-refractivity contribution in [1.82, 2.24) is 0 Å². The third kappa shape index (κ3) is 13.5. The van der Waals surface area contributed by atoms with E-state index in [1.807, 2.05) is 0 Å². The van der Waals surface area contributed by atoms with Crippen LogP contribution in [-0.2, 0) is 9.53 Å². The van der Waals surface area contributed by atoms with Crippen LogP contribution in [0.5, 0.6) is 0 Å². The molecule has 0 aromatic carbocycles. The van der Waals surface area contributed by atoms with Gasteiger partial charge in [0.15, 0.2) is 0 Å². The van der Waals surface area contributed by atoms with E-state index >= 15 is 0 Å². The first kappa shape index (κ1) is 32.0. The van der Waals surface area contributed by atoms with Gasteiger partial charge >= 0.3 is 23.9 Å². The summed E-state index contributed by atoms with van der Waals surface area (Å²) in [7, 11) is 0. The van der Waals surface area contributed by atoms with E-state index in [-0.39, 0.29) is 6.42 Å². The largest absolute Gasteiger partial charge is 0.463 e. The standard InChI is InChI=1S/C24H42F6O3/c1-2-3-4-5-6-7-8-9-10-11-12-13-14-15-16-17-18-19-20-33-21(31)22(32,23(25,26)27)24(28,29)30/h32H,2-20H2,1H3. The molecule has 0 radical (unpaired) electrons. The van der Waals surface area contributed by atoms with Crippen molar-refractivity contribution < 1.29 is 41.0 Å². The zero-order chi connectivity index (χ0) is 25.2. The molecule has 0 aliphatic carbocycles. The molecular formula is C24H42F6O3. The van der Waals surface area contributed by atoms with Gasteiger partial charge in [-0.15, -0.1) is 0 Å². The third-order valence-electron chi connectivity index (χ3n) is 5.85. The van der Waals surface area contributed by atoms with Crippen LogP contribution in [0.15, 0.2) is 0 Å². The van der Waals surface area contributed by atoms with Gasteiger partial charge in [0.2, 0.25) is 0 Å². The molecule has 0 bridgehead atoms. The van der Waals surface area contributed by atoms with Gasteiger partial charge in [0.05, 0.1) is 6.61 Å². The molecule has 0 rings (SSSR count). The molecular weight excluding hydrogens is 450 g/mol. The second kappa shape index (κ2) is 17.4. The maximum absolute atomic E-state index is 12.5. The van der Waals surface area contributed by atoms with Crippen LogP contribution in [0.1, 0.15) is 122 Å². The lowest BCUT2D eigenvalue weighted by molar-refractivity contribution is -0.356. The first-order chi connectivity index (χ1) is 15.5. The molecule has 0 aliphatic heterocycles. The number of unbranched alkanes of at least 4 members (excludes halogenated alkanes) is 17. The van der Waals surface area contributed by atoms with E-state index in [0.29, 0.717) is 6.42 Å². The SMILES string of the molecule is CCCCCCCCCCCCCCCCCCCCOC(=O)C(O)(C(F)(F)F)C(F)(F)F. The summed E-state index contributed by atoms with van der Waals surface area (Å²) in [6.45, 7) is 1.63. The van der Waals surface area contributed by atoms with Gasteiger partial charge in [-0.3, -0.25) is 0 Å². The first-order valence-electron chi connectivity index (χ1n) is 12.5. The Kier molecular flexibility index (Phi) is 16.9. The smallest absolute Gasteiger partial charge is 0.437 e. The Morgan fingerprint density at radius 3 is 1.12 bits per heavy atom. The Morgan fingerprint density at radius 2 is 0.848 bits per heavy atom. The Morgan fingerprint density at radius 1 is 0.576 bits per heavy atom. The zero-order valence-corrected chi connectivity index (χ0v) is 20.0. The van der Waals surface area contributed by atoms with Crippen LogP contribution in [0.3, 0.4) is 0 Å². The van der Waals surface area contributed by atoms with Crippen molar-refractivity contribution in [3.05, 3.63) is 0 Å². The molecule has 0 amide bonds. The quantitative estimate of drug-likeness (QED) is 0.105. The number of carbonyl (C=O) groups is 1. The van der Waals surface area contributed by atoms with E-state index in [4.69, 9.17) is 5.11 Å². The van der Waals surface area contributed by atoms with Crippen LogP contribution in [-0.4, -0.2) is 35.6 Å². The van der Waals surface area contributed by atoms with Gasteiger partial charge in [0.1, 0.15) is 0 Å². The fourth-order valence-corrected chi connectivity index (χ4v) is 3.67. The minimum absolute atomic E-state index is 0.149. The second-order valence-electron chi connectivity index (χ2n) is 8.85. The number of hydrogen-bond acceptors (Lipinski definition) is 3. The van der Waals surface area contributed by atoms with Crippen LogP contribution < -0.4 is 0 Å². The average molecular weight is 493 g/mol. The van der Waals surface area contributed by atoms with Crippen LogP contribution in [0.25, 0.3) is 0 Å². The van der Waals surface area contributed by atoms with E-state index in [0.717, 1.165) is 25.7 Å². The van der Waals surface area contributed by atoms with Gasteiger partial charge in [-0.05, 0) is 6.42 Å². The molecule has 0 aromatic rings. The van der Waals surface area contributed by atoms with Crippen molar-refractivity contribution in [2.45, 2.75) is 140 Å². The van der Waals surface area contributed by atoms with E-state index < -0.39 is 30.5 Å². The Labute approximate surface area is 194 Å².